The van der Waals surface area contributed by atoms with Gasteiger partial charge in [-0.2, -0.15) is 0 Å². The topological polar surface area (TPSA) is 104 Å². The Balaban J connectivity index is 2.44. The summed E-state index contributed by atoms with van der Waals surface area (Å²) in [6, 6.07) is 6.11. The predicted molar refractivity (Wildman–Crippen MR) is 77.0 cm³/mol. The number of nitrogen functional groups attached to an aromatic ring is 1. The van der Waals surface area contributed by atoms with Crippen molar-refractivity contribution in [3.05, 3.63) is 29.8 Å². The van der Waals surface area contributed by atoms with Gasteiger partial charge in [0.05, 0.1) is 19.2 Å². The van der Waals surface area contributed by atoms with Crippen LogP contribution in [0.15, 0.2) is 24.3 Å². The van der Waals surface area contributed by atoms with Crippen molar-refractivity contribution in [2.75, 3.05) is 18.9 Å². The van der Waals surface area contributed by atoms with Crippen molar-refractivity contribution in [2.45, 2.75) is 19.9 Å². The van der Waals surface area contributed by atoms with Crippen molar-refractivity contribution in [3.63, 3.8) is 0 Å². The van der Waals surface area contributed by atoms with Crippen LogP contribution in [-0.4, -0.2) is 36.1 Å². The monoisotopic (exact) mass is 279 g/mol. The number of hydrogen-bond acceptors (Lipinski definition) is 4. The number of aliphatic hydroxyl groups excluding tert-OH is 1. The first-order chi connectivity index (χ1) is 9.43. The van der Waals surface area contributed by atoms with Crippen molar-refractivity contribution >= 4 is 17.5 Å². The van der Waals surface area contributed by atoms with Crippen LogP contribution in [0.5, 0.6) is 0 Å². The molecule has 1 aromatic carbocycles. The summed E-state index contributed by atoms with van der Waals surface area (Å²) in [4.78, 5) is 23.4. The van der Waals surface area contributed by atoms with Crippen molar-refractivity contribution in [1.29, 1.82) is 0 Å². The van der Waals surface area contributed by atoms with Crippen molar-refractivity contribution in [1.82, 2.24) is 10.6 Å². The Labute approximate surface area is 118 Å². The third kappa shape index (κ3) is 4.89. The lowest BCUT2D eigenvalue weighted by atomic mass is 10.1. The lowest BCUT2D eigenvalue weighted by Crippen LogP contribution is -2.45. The van der Waals surface area contributed by atoms with Gasteiger partial charge < -0.3 is 21.5 Å². The van der Waals surface area contributed by atoms with E-state index in [0.29, 0.717) is 11.3 Å². The summed E-state index contributed by atoms with van der Waals surface area (Å²) in [6.07, 6.45) is 0. The number of benzene rings is 1. The number of aliphatic hydroxyl groups is 1. The lowest BCUT2D eigenvalue weighted by Gasteiger charge is -2.19. The molecule has 0 fully saturated rings. The maximum Gasteiger partial charge on any atom is 0.251 e. The number of carbonyl (C=O) groups excluding carboxylic acids is 2. The van der Waals surface area contributed by atoms with E-state index in [4.69, 9.17) is 10.8 Å². The van der Waals surface area contributed by atoms with Gasteiger partial charge in [0, 0.05) is 11.3 Å². The van der Waals surface area contributed by atoms with Gasteiger partial charge in [0.1, 0.15) is 0 Å². The Bertz CT molecular complexity index is 457. The fourth-order valence-corrected chi connectivity index (χ4v) is 1.58. The highest BCUT2D eigenvalue weighted by atomic mass is 16.3. The number of hydrogen-bond donors (Lipinski definition) is 4. The van der Waals surface area contributed by atoms with Crippen LogP contribution in [0.25, 0.3) is 0 Å². The zero-order valence-corrected chi connectivity index (χ0v) is 11.7. The molecular formula is C14H21N3O3. The SMILES string of the molecule is CC(C)C(CO)NC(=O)CNC(=O)c1ccc(N)cc1. The van der Waals surface area contributed by atoms with Crippen LogP contribution < -0.4 is 16.4 Å². The van der Waals surface area contributed by atoms with Crippen LogP contribution in [-0.2, 0) is 4.79 Å². The van der Waals surface area contributed by atoms with Gasteiger partial charge in [-0.05, 0) is 30.2 Å². The standard InChI is InChI=1S/C14H21N3O3/c1-9(2)12(8-18)17-13(19)7-16-14(20)10-3-5-11(15)6-4-10/h3-6,9,12,18H,7-8,15H2,1-2H3,(H,16,20)(H,17,19). The molecule has 0 aliphatic carbocycles. The van der Waals surface area contributed by atoms with Crippen molar-refractivity contribution in [3.8, 4) is 0 Å². The molecule has 2 amide bonds. The van der Waals surface area contributed by atoms with Crippen LogP contribution in [0.3, 0.4) is 0 Å². The lowest BCUT2D eigenvalue weighted by molar-refractivity contribution is -0.121. The summed E-state index contributed by atoms with van der Waals surface area (Å²) < 4.78 is 0. The highest BCUT2D eigenvalue weighted by molar-refractivity contribution is 5.96. The maximum absolute atomic E-state index is 11.8. The zero-order chi connectivity index (χ0) is 15.1. The molecule has 0 aliphatic rings. The van der Waals surface area contributed by atoms with Crippen LogP contribution in [0.1, 0.15) is 24.2 Å². The average molecular weight is 279 g/mol. The second-order valence-electron chi connectivity index (χ2n) is 4.91. The number of nitrogens with one attached hydrogen (secondary N) is 2. The van der Waals surface area contributed by atoms with Crippen molar-refractivity contribution < 1.29 is 14.7 Å². The van der Waals surface area contributed by atoms with E-state index in [-0.39, 0.29) is 36.9 Å². The summed E-state index contributed by atoms with van der Waals surface area (Å²) >= 11 is 0. The average Bonchev–Trinajstić information content (AvgIpc) is 2.42. The van der Waals surface area contributed by atoms with E-state index in [1.165, 1.54) is 0 Å². The summed E-state index contributed by atoms with van der Waals surface area (Å²) in [5.41, 5.74) is 6.54. The normalized spacial score (nSPS) is 12.0. The van der Waals surface area contributed by atoms with E-state index in [0.717, 1.165) is 0 Å². The molecule has 1 unspecified atom stereocenters. The van der Waals surface area contributed by atoms with E-state index in [1.54, 1.807) is 24.3 Å². The van der Waals surface area contributed by atoms with Crippen molar-refractivity contribution in [2.24, 2.45) is 5.92 Å². The summed E-state index contributed by atoms with van der Waals surface area (Å²) in [6.45, 7) is 3.53. The molecule has 0 bridgehead atoms. The summed E-state index contributed by atoms with van der Waals surface area (Å²) in [5, 5.41) is 14.3. The minimum absolute atomic E-state index is 0.122. The van der Waals surface area contributed by atoms with E-state index in [1.807, 2.05) is 13.8 Å². The van der Waals surface area contributed by atoms with Crippen LogP contribution in [0.2, 0.25) is 0 Å². The van der Waals surface area contributed by atoms with Gasteiger partial charge in [0.2, 0.25) is 5.91 Å². The molecule has 0 saturated heterocycles. The first kappa shape index (κ1) is 16.0. The molecule has 5 N–H and O–H groups in total. The van der Waals surface area contributed by atoms with Gasteiger partial charge in [-0.25, -0.2) is 0 Å². The third-order valence-electron chi connectivity index (χ3n) is 2.93. The molecule has 1 rings (SSSR count). The predicted octanol–water partition coefficient (Wildman–Crippen LogP) is 0.132. The van der Waals surface area contributed by atoms with Gasteiger partial charge in [-0.3, -0.25) is 9.59 Å². The van der Waals surface area contributed by atoms with E-state index < -0.39 is 0 Å². The molecule has 1 aromatic rings. The van der Waals surface area contributed by atoms with Gasteiger partial charge in [0.25, 0.3) is 5.91 Å². The largest absolute Gasteiger partial charge is 0.399 e. The Morgan fingerprint density at radius 1 is 1.25 bits per heavy atom. The Morgan fingerprint density at radius 3 is 2.35 bits per heavy atom. The number of amides is 2. The van der Waals surface area contributed by atoms with Crippen LogP contribution in [0, 0.1) is 5.92 Å². The first-order valence-electron chi connectivity index (χ1n) is 6.48. The molecule has 0 saturated carbocycles. The highest BCUT2D eigenvalue weighted by Gasteiger charge is 2.15. The number of carbonyl (C=O) groups is 2. The second kappa shape index (κ2) is 7.49. The Hall–Kier alpha value is -2.08. The smallest absolute Gasteiger partial charge is 0.251 e. The fourth-order valence-electron chi connectivity index (χ4n) is 1.58. The molecule has 0 heterocycles. The summed E-state index contributed by atoms with van der Waals surface area (Å²) in [7, 11) is 0. The third-order valence-corrected chi connectivity index (χ3v) is 2.93. The fraction of sp³-hybridized carbons (Fsp3) is 0.429. The Kier molecular flexibility index (Phi) is 5.99. The van der Waals surface area contributed by atoms with Crippen LogP contribution >= 0.6 is 0 Å². The van der Waals surface area contributed by atoms with Gasteiger partial charge in [-0.15, -0.1) is 0 Å². The molecule has 6 nitrogen and oxygen atoms in total. The molecule has 0 spiro atoms. The van der Waals surface area contributed by atoms with E-state index in [9.17, 15) is 9.59 Å². The number of rotatable bonds is 6. The molecule has 0 aromatic heterocycles. The van der Waals surface area contributed by atoms with Gasteiger partial charge >= 0.3 is 0 Å². The second-order valence-corrected chi connectivity index (χ2v) is 4.91. The summed E-state index contributed by atoms with van der Waals surface area (Å²) in [5.74, 6) is -0.552. The molecule has 0 aliphatic heterocycles. The van der Waals surface area contributed by atoms with Gasteiger partial charge in [-0.1, -0.05) is 13.8 Å². The Morgan fingerprint density at radius 2 is 1.85 bits per heavy atom. The minimum atomic E-state index is -0.342. The number of anilines is 1. The van der Waals surface area contributed by atoms with E-state index >= 15 is 0 Å². The quantitative estimate of drug-likeness (QED) is 0.556. The van der Waals surface area contributed by atoms with E-state index in [2.05, 4.69) is 10.6 Å². The molecule has 20 heavy (non-hydrogen) atoms. The molecule has 6 heteroatoms. The number of nitrogens with two attached hydrogens (primary N) is 1. The molecule has 0 radical (unpaired) electrons. The minimum Gasteiger partial charge on any atom is -0.399 e. The van der Waals surface area contributed by atoms with Crippen LogP contribution in [0.4, 0.5) is 5.69 Å². The zero-order valence-electron chi connectivity index (χ0n) is 11.7. The highest BCUT2D eigenvalue weighted by Crippen LogP contribution is 2.05. The first-order valence-corrected chi connectivity index (χ1v) is 6.48. The molecular weight excluding hydrogens is 258 g/mol. The maximum atomic E-state index is 11.8. The van der Waals surface area contributed by atoms with Gasteiger partial charge in [0.15, 0.2) is 0 Å². The molecule has 110 valence electrons. The molecule has 1 atom stereocenters.